The third-order valence-electron chi connectivity index (χ3n) is 3.50. The molecule has 0 saturated carbocycles. The maximum atomic E-state index is 11.2. The summed E-state index contributed by atoms with van der Waals surface area (Å²) >= 11 is 1.54. The fraction of sp³-hybridized carbons (Fsp3) is 0.250. The van der Waals surface area contributed by atoms with Crippen LogP contribution in [0.3, 0.4) is 0 Å². The lowest BCUT2D eigenvalue weighted by molar-refractivity contribution is -0.138. The van der Waals surface area contributed by atoms with Gasteiger partial charge in [-0.2, -0.15) is 0 Å². The molecule has 0 aromatic carbocycles. The topological polar surface area (TPSA) is 108 Å². The van der Waals surface area contributed by atoms with Gasteiger partial charge in [0, 0.05) is 22.8 Å². The van der Waals surface area contributed by atoms with Gasteiger partial charge in [0.2, 0.25) is 0 Å². The Morgan fingerprint density at radius 1 is 1.42 bits per heavy atom. The number of nitrogens with one attached hydrogen (secondary N) is 1. The zero-order chi connectivity index (χ0) is 17.1. The average molecular weight is 344 g/mol. The number of aliphatic carboxylic acids is 1. The number of aromatic nitrogens is 3. The third kappa shape index (κ3) is 3.19. The lowest BCUT2D eigenvalue weighted by atomic mass is 10.2. The van der Waals surface area contributed by atoms with Gasteiger partial charge in [-0.3, -0.25) is 4.98 Å². The molecule has 0 radical (unpaired) electrons. The summed E-state index contributed by atoms with van der Waals surface area (Å²) in [6.07, 6.45) is 4.17. The zero-order valence-corrected chi connectivity index (χ0v) is 13.7. The molecule has 0 aliphatic heterocycles. The second-order valence-electron chi connectivity index (χ2n) is 5.14. The quantitative estimate of drug-likeness (QED) is 0.629. The number of carboxylic acid groups (broad SMARTS) is 1. The van der Waals surface area contributed by atoms with Crippen molar-refractivity contribution in [3.8, 4) is 11.4 Å². The molecule has 0 spiro atoms. The van der Waals surface area contributed by atoms with Gasteiger partial charge < -0.3 is 15.5 Å². The van der Waals surface area contributed by atoms with Gasteiger partial charge in [-0.05, 0) is 24.6 Å². The molecule has 3 aromatic rings. The minimum Gasteiger partial charge on any atom is -0.480 e. The molecule has 0 aliphatic carbocycles. The Labute approximate surface area is 142 Å². The number of carbonyl (C=O) groups is 1. The Hall–Kier alpha value is -2.58. The molecule has 0 fully saturated rings. The van der Waals surface area contributed by atoms with Gasteiger partial charge >= 0.3 is 5.97 Å². The molecule has 3 N–H and O–H groups in total. The highest BCUT2D eigenvalue weighted by Crippen LogP contribution is 2.31. The number of pyridine rings is 1. The normalized spacial score (nSPS) is 12.2. The smallest absolute Gasteiger partial charge is 0.328 e. The number of hydrogen-bond donors (Lipinski definition) is 3. The van der Waals surface area contributed by atoms with E-state index in [-0.39, 0.29) is 0 Å². The van der Waals surface area contributed by atoms with E-state index in [0.717, 1.165) is 27.1 Å². The molecule has 124 valence electrons. The number of thiophene rings is 1. The van der Waals surface area contributed by atoms with Gasteiger partial charge in [0.15, 0.2) is 5.82 Å². The van der Waals surface area contributed by atoms with E-state index in [1.807, 2.05) is 19.1 Å². The Kier molecular flexibility index (Phi) is 4.68. The minimum atomic E-state index is -1.14. The van der Waals surface area contributed by atoms with E-state index in [0.29, 0.717) is 11.6 Å². The lowest BCUT2D eigenvalue weighted by Crippen LogP contribution is -2.33. The number of aryl methyl sites for hydroxylation is 1. The molecule has 1 unspecified atom stereocenters. The van der Waals surface area contributed by atoms with Crippen LogP contribution >= 0.6 is 11.3 Å². The molecule has 1 atom stereocenters. The molecule has 8 heteroatoms. The minimum absolute atomic E-state index is 0.399. The Morgan fingerprint density at radius 2 is 2.25 bits per heavy atom. The summed E-state index contributed by atoms with van der Waals surface area (Å²) in [7, 11) is 0. The molecule has 24 heavy (non-hydrogen) atoms. The Morgan fingerprint density at radius 3 is 2.88 bits per heavy atom. The molecule has 0 bridgehead atoms. The monoisotopic (exact) mass is 344 g/mol. The van der Waals surface area contributed by atoms with Crippen molar-refractivity contribution in [1.29, 1.82) is 0 Å². The molecular weight excluding hydrogens is 328 g/mol. The second-order valence-corrected chi connectivity index (χ2v) is 6.26. The van der Waals surface area contributed by atoms with E-state index >= 15 is 0 Å². The van der Waals surface area contributed by atoms with Crippen LogP contribution in [0.4, 0.5) is 5.82 Å². The van der Waals surface area contributed by atoms with Crippen LogP contribution in [-0.4, -0.2) is 43.8 Å². The van der Waals surface area contributed by atoms with Crippen molar-refractivity contribution in [1.82, 2.24) is 15.0 Å². The molecule has 3 aromatic heterocycles. The van der Waals surface area contributed by atoms with Crippen molar-refractivity contribution in [2.24, 2.45) is 0 Å². The molecule has 3 heterocycles. The number of aliphatic hydroxyl groups excluding tert-OH is 1. The first-order valence-corrected chi connectivity index (χ1v) is 8.25. The van der Waals surface area contributed by atoms with E-state index in [2.05, 4.69) is 20.3 Å². The number of carboxylic acids is 1. The van der Waals surface area contributed by atoms with E-state index in [4.69, 9.17) is 0 Å². The van der Waals surface area contributed by atoms with Crippen molar-refractivity contribution in [3.05, 3.63) is 35.5 Å². The van der Waals surface area contributed by atoms with Gasteiger partial charge in [0.1, 0.15) is 16.7 Å². The first-order chi connectivity index (χ1) is 11.6. The highest BCUT2D eigenvalue weighted by molar-refractivity contribution is 7.18. The summed E-state index contributed by atoms with van der Waals surface area (Å²) in [5, 5.41) is 22.0. The number of anilines is 1. The average Bonchev–Trinajstić information content (AvgIpc) is 3.03. The highest BCUT2D eigenvalue weighted by Gasteiger charge is 2.20. The van der Waals surface area contributed by atoms with Crippen molar-refractivity contribution in [3.63, 3.8) is 0 Å². The predicted octanol–water partition coefficient (Wildman–Crippen LogP) is 2.17. The highest BCUT2D eigenvalue weighted by atomic mass is 32.1. The molecule has 7 nitrogen and oxygen atoms in total. The number of aliphatic hydroxyl groups is 1. The summed E-state index contributed by atoms with van der Waals surface area (Å²) in [6.45, 7) is 1.51. The van der Waals surface area contributed by atoms with Gasteiger partial charge in [0.05, 0.1) is 12.0 Å². The Balaban J connectivity index is 2.13. The number of nitrogens with zero attached hydrogens (tertiary/aromatic N) is 3. The van der Waals surface area contributed by atoms with Gasteiger partial charge in [-0.15, -0.1) is 11.3 Å². The SMILES string of the molecule is CCc1cc2c(NC(CO)C(=O)O)nc(-c3cccnc3)nc2s1. The molecule has 3 rings (SSSR count). The predicted molar refractivity (Wildman–Crippen MR) is 92.2 cm³/mol. The molecule has 0 aliphatic rings. The maximum Gasteiger partial charge on any atom is 0.328 e. The van der Waals surface area contributed by atoms with Crippen LogP contribution in [0.2, 0.25) is 0 Å². The van der Waals surface area contributed by atoms with Crippen molar-refractivity contribution in [2.45, 2.75) is 19.4 Å². The number of rotatable bonds is 6. The van der Waals surface area contributed by atoms with Gasteiger partial charge in [0.25, 0.3) is 0 Å². The standard InChI is InChI=1S/C16H16N4O3S/c1-2-10-6-11-14(18-12(8-21)16(22)23)19-13(20-15(11)24-10)9-4-3-5-17-7-9/h3-7,12,21H,2,8H2,1H3,(H,22,23)(H,18,19,20). The van der Waals surface area contributed by atoms with Crippen LogP contribution in [-0.2, 0) is 11.2 Å². The van der Waals surface area contributed by atoms with Crippen LogP contribution in [0.25, 0.3) is 21.6 Å². The summed E-state index contributed by atoms with van der Waals surface area (Å²) in [5.74, 6) is -0.279. The van der Waals surface area contributed by atoms with Crippen LogP contribution < -0.4 is 5.32 Å². The van der Waals surface area contributed by atoms with Crippen molar-refractivity contribution in [2.75, 3.05) is 11.9 Å². The van der Waals surface area contributed by atoms with Crippen LogP contribution in [0.15, 0.2) is 30.6 Å². The van der Waals surface area contributed by atoms with Crippen LogP contribution in [0.5, 0.6) is 0 Å². The fourth-order valence-corrected chi connectivity index (χ4v) is 3.20. The van der Waals surface area contributed by atoms with E-state index < -0.39 is 18.6 Å². The number of hydrogen-bond acceptors (Lipinski definition) is 7. The molecule has 0 saturated heterocycles. The summed E-state index contributed by atoms with van der Waals surface area (Å²) in [6, 6.07) is 4.45. The van der Waals surface area contributed by atoms with Crippen LogP contribution in [0, 0.1) is 0 Å². The fourth-order valence-electron chi connectivity index (χ4n) is 2.23. The van der Waals surface area contributed by atoms with Crippen LogP contribution in [0.1, 0.15) is 11.8 Å². The Bertz CT molecular complexity index is 866. The van der Waals surface area contributed by atoms with Gasteiger partial charge in [-0.25, -0.2) is 14.8 Å². The summed E-state index contributed by atoms with van der Waals surface area (Å²) in [4.78, 5) is 26.2. The van der Waals surface area contributed by atoms with E-state index in [1.54, 1.807) is 29.8 Å². The molecule has 0 amide bonds. The molecular formula is C16H16N4O3S. The lowest BCUT2D eigenvalue weighted by Gasteiger charge is -2.13. The van der Waals surface area contributed by atoms with E-state index in [9.17, 15) is 15.0 Å². The number of fused-ring (bicyclic) bond motifs is 1. The summed E-state index contributed by atoms with van der Waals surface area (Å²) in [5.41, 5.74) is 0.741. The first-order valence-electron chi connectivity index (χ1n) is 7.43. The largest absolute Gasteiger partial charge is 0.480 e. The first kappa shape index (κ1) is 16.3. The summed E-state index contributed by atoms with van der Waals surface area (Å²) < 4.78 is 0. The maximum absolute atomic E-state index is 11.2. The zero-order valence-electron chi connectivity index (χ0n) is 12.9. The van der Waals surface area contributed by atoms with Gasteiger partial charge in [-0.1, -0.05) is 6.92 Å². The second kappa shape index (κ2) is 6.90. The van der Waals surface area contributed by atoms with Crippen molar-refractivity contribution < 1.29 is 15.0 Å². The third-order valence-corrected chi connectivity index (χ3v) is 4.68. The van der Waals surface area contributed by atoms with E-state index in [1.165, 1.54) is 0 Å². The van der Waals surface area contributed by atoms with Crippen molar-refractivity contribution >= 4 is 33.3 Å².